The molecule has 7 nitrogen and oxygen atoms in total. The van der Waals surface area contributed by atoms with Crippen LogP contribution in [0.5, 0.6) is 0 Å². The Morgan fingerprint density at radius 3 is 2.13 bits per heavy atom. The summed E-state index contributed by atoms with van der Waals surface area (Å²) in [5, 5.41) is 30.3. The number of nitrogens with zero attached hydrogens (tertiary/aromatic N) is 3. The topological polar surface area (TPSA) is 119 Å². The molecule has 10 heteroatoms. The smallest absolute Gasteiger partial charge is 0.165 e. The Hall–Kier alpha value is 3.47. The van der Waals surface area contributed by atoms with E-state index in [1.54, 1.807) is 0 Å². The molecular weight excluding hydrogens is 847 g/mol. The molecule has 0 aromatic heterocycles. The van der Waals surface area contributed by atoms with Gasteiger partial charge in [0.2, 0.25) is 0 Å². The van der Waals surface area contributed by atoms with Crippen molar-refractivity contribution in [2.45, 2.75) is 24.5 Å². The SMILES string of the molecule is [Ac].[Ac].[Ac].[N-]=[N+]=N[C@@H]1OC[C@@H](O)[C@H](O)[C@H]1O. The average Bonchev–Trinajstić information content (AvgIpc) is 2.07. The van der Waals surface area contributed by atoms with Crippen molar-refractivity contribution in [1.29, 1.82) is 0 Å². The van der Waals surface area contributed by atoms with Crippen LogP contribution in [0, 0.1) is 132 Å². The first-order valence-corrected chi connectivity index (χ1v) is 3.37. The van der Waals surface area contributed by atoms with E-state index in [0.29, 0.717) is 0 Å². The summed E-state index contributed by atoms with van der Waals surface area (Å²) in [5.41, 5.74) is 8.01. The van der Waals surface area contributed by atoms with E-state index in [-0.39, 0.29) is 139 Å². The van der Waals surface area contributed by atoms with Crippen LogP contribution < -0.4 is 0 Å². The summed E-state index contributed by atoms with van der Waals surface area (Å²) in [6.45, 7) is -0.151. The van der Waals surface area contributed by atoms with Gasteiger partial charge in [0.15, 0.2) is 6.23 Å². The van der Waals surface area contributed by atoms with Gasteiger partial charge in [-0.25, -0.2) is 0 Å². The third-order valence-corrected chi connectivity index (χ3v) is 1.64. The molecule has 0 spiro atoms. The zero-order chi connectivity index (χ0) is 9.14. The van der Waals surface area contributed by atoms with Gasteiger partial charge in [-0.1, -0.05) is 5.11 Å². The van der Waals surface area contributed by atoms with Gasteiger partial charge in [0, 0.05) is 137 Å². The van der Waals surface area contributed by atoms with Crippen LogP contribution in [-0.2, 0) is 4.74 Å². The standard InChI is InChI=1S/C5H9N3O4.3Ac/c6-8-7-5-4(11)3(10)2(9)1-12-5;;;/h2-5,9-11H,1H2;;;/t2-,3+,4-,5-;;;/m1.../s1. The predicted molar refractivity (Wildman–Crippen MR) is 36.9 cm³/mol. The molecule has 77 valence electrons. The minimum absolute atomic E-state index is 0. The van der Waals surface area contributed by atoms with Gasteiger partial charge in [-0.2, -0.15) is 0 Å². The molecule has 0 unspecified atom stereocenters. The molecule has 0 aromatic rings. The third kappa shape index (κ3) is 7.59. The zero-order valence-electron chi connectivity index (χ0n) is 7.84. The van der Waals surface area contributed by atoms with E-state index in [9.17, 15) is 0 Å². The number of aliphatic hydroxyl groups is 3. The maximum absolute atomic E-state index is 9.14. The summed E-state index contributed by atoms with van der Waals surface area (Å²) in [5.74, 6) is 0. The summed E-state index contributed by atoms with van der Waals surface area (Å²) >= 11 is 0. The van der Waals surface area contributed by atoms with E-state index in [4.69, 9.17) is 25.6 Å². The summed E-state index contributed by atoms with van der Waals surface area (Å²) in [4.78, 5) is 2.42. The van der Waals surface area contributed by atoms with E-state index in [1.165, 1.54) is 0 Å². The molecule has 3 N–H and O–H groups in total. The first-order chi connectivity index (χ1) is 5.66. The first-order valence-electron chi connectivity index (χ1n) is 3.37. The molecule has 1 aliphatic heterocycles. The second-order valence-electron chi connectivity index (χ2n) is 2.48. The third-order valence-electron chi connectivity index (χ3n) is 1.64. The summed E-state index contributed by atoms with van der Waals surface area (Å²) in [6.07, 6.45) is -4.95. The minimum atomic E-state index is -1.37. The van der Waals surface area contributed by atoms with E-state index >= 15 is 0 Å². The Bertz CT molecular complexity index is 216. The Labute approximate surface area is 194 Å². The molecule has 15 heavy (non-hydrogen) atoms. The molecule has 0 saturated carbocycles. The Morgan fingerprint density at radius 2 is 1.67 bits per heavy atom. The molecule has 3 radical (unpaired) electrons. The molecule has 4 atom stereocenters. The van der Waals surface area contributed by atoms with Gasteiger partial charge in [0.25, 0.3) is 0 Å². The van der Waals surface area contributed by atoms with Crippen molar-refractivity contribution in [3.63, 3.8) is 0 Å². The van der Waals surface area contributed by atoms with E-state index in [0.717, 1.165) is 0 Å². The Morgan fingerprint density at radius 1 is 1.13 bits per heavy atom. The van der Waals surface area contributed by atoms with Crippen LogP contribution in [0.1, 0.15) is 0 Å². The van der Waals surface area contributed by atoms with Crippen molar-refractivity contribution in [1.82, 2.24) is 0 Å². The minimum Gasteiger partial charge on any atom is -0.388 e. The molecular formula is C5H9Ac3N3O4. The van der Waals surface area contributed by atoms with Crippen LogP contribution in [-0.4, -0.2) is 46.5 Å². The number of aliphatic hydroxyl groups excluding tert-OH is 3. The quantitative estimate of drug-likeness (QED) is 0.174. The molecule has 1 aliphatic rings. The molecule has 0 aromatic carbocycles. The van der Waals surface area contributed by atoms with Crippen molar-refractivity contribution in [2.75, 3.05) is 6.61 Å². The van der Waals surface area contributed by atoms with Gasteiger partial charge < -0.3 is 20.1 Å². The summed E-state index contributed by atoms with van der Waals surface area (Å²) < 4.78 is 4.73. The van der Waals surface area contributed by atoms with Crippen molar-refractivity contribution in [3.8, 4) is 0 Å². The number of hydrogen-bond acceptors (Lipinski definition) is 5. The molecule has 1 rings (SSSR count). The monoisotopic (exact) mass is 856 g/mol. The molecule has 0 aliphatic carbocycles. The van der Waals surface area contributed by atoms with E-state index in [1.807, 2.05) is 0 Å². The fraction of sp³-hybridized carbons (Fsp3) is 1.00. The van der Waals surface area contributed by atoms with E-state index < -0.39 is 24.5 Å². The molecule has 0 bridgehead atoms. The zero-order valence-corrected chi connectivity index (χ0v) is 22.1. The summed E-state index contributed by atoms with van der Waals surface area (Å²) in [6, 6.07) is 0. The number of azide groups is 1. The Balaban J connectivity index is -0.000000480. The Kier molecular flexibility index (Phi) is 19.6. The number of hydrogen-bond donors (Lipinski definition) is 3. The van der Waals surface area contributed by atoms with Crippen LogP contribution in [0.25, 0.3) is 10.4 Å². The second kappa shape index (κ2) is 12.5. The van der Waals surface area contributed by atoms with Gasteiger partial charge in [-0.3, -0.25) is 0 Å². The van der Waals surface area contributed by atoms with Gasteiger partial charge in [0.05, 0.1) is 6.61 Å². The van der Waals surface area contributed by atoms with Crippen molar-refractivity contribution < 1.29 is 152 Å². The largest absolute Gasteiger partial charge is 0.388 e. The molecule has 1 fully saturated rings. The van der Waals surface area contributed by atoms with Crippen LogP contribution in [0.2, 0.25) is 0 Å². The molecule has 1 saturated heterocycles. The average molecular weight is 856 g/mol. The number of ether oxygens (including phenoxy) is 1. The van der Waals surface area contributed by atoms with Gasteiger partial charge in [-0.15, -0.1) is 0 Å². The normalized spacial score (nSPS) is 33.5. The fourth-order valence-electron chi connectivity index (χ4n) is 0.943. The van der Waals surface area contributed by atoms with Crippen molar-refractivity contribution in [2.24, 2.45) is 5.11 Å². The van der Waals surface area contributed by atoms with Crippen LogP contribution >= 0.6 is 0 Å². The van der Waals surface area contributed by atoms with Gasteiger partial charge in [-0.05, 0) is 5.53 Å². The predicted octanol–water partition coefficient (Wildman–Crippen LogP) is -1.26. The maximum atomic E-state index is 9.14. The molecule has 0 amide bonds. The van der Waals surface area contributed by atoms with Gasteiger partial charge in [0.1, 0.15) is 18.3 Å². The van der Waals surface area contributed by atoms with E-state index in [2.05, 4.69) is 10.0 Å². The van der Waals surface area contributed by atoms with Crippen LogP contribution in [0.4, 0.5) is 0 Å². The van der Waals surface area contributed by atoms with Crippen LogP contribution in [0.3, 0.4) is 0 Å². The molecule has 1 heterocycles. The summed E-state index contributed by atoms with van der Waals surface area (Å²) in [7, 11) is 0. The first kappa shape index (κ1) is 23.6. The maximum Gasteiger partial charge on any atom is 0.165 e. The number of rotatable bonds is 1. The van der Waals surface area contributed by atoms with Crippen LogP contribution in [0.15, 0.2) is 5.11 Å². The van der Waals surface area contributed by atoms with Gasteiger partial charge >= 0.3 is 0 Å². The van der Waals surface area contributed by atoms with Crippen molar-refractivity contribution in [3.05, 3.63) is 10.4 Å². The fourth-order valence-corrected chi connectivity index (χ4v) is 0.943. The second-order valence-corrected chi connectivity index (χ2v) is 2.48. The van der Waals surface area contributed by atoms with Crippen molar-refractivity contribution >= 4 is 0 Å².